The van der Waals surface area contributed by atoms with E-state index in [2.05, 4.69) is 20.3 Å². The van der Waals surface area contributed by atoms with Gasteiger partial charge in [0.2, 0.25) is 21.8 Å². The lowest BCUT2D eigenvalue weighted by atomic mass is 9.93. The number of nitrogens with one attached hydrogen (secondary N) is 3. The van der Waals surface area contributed by atoms with Crippen LogP contribution in [-0.2, 0) is 35.6 Å². The molecule has 3 fully saturated rings. The lowest BCUT2D eigenvalue weighted by molar-refractivity contribution is -0.140. The summed E-state index contributed by atoms with van der Waals surface area (Å²) in [5.74, 6) is -3.59. The number of benzene rings is 1. The average molecular weight is 712 g/mol. The second kappa shape index (κ2) is 13.5. The van der Waals surface area contributed by atoms with Crippen molar-refractivity contribution >= 4 is 50.9 Å². The molecular weight excluding hydrogens is 667 g/mol. The minimum absolute atomic E-state index is 0.0745. The highest BCUT2D eigenvalue weighted by molar-refractivity contribution is 7.91. The Hall–Kier alpha value is -3.78. The van der Waals surface area contributed by atoms with Gasteiger partial charge in [-0.15, -0.1) is 11.3 Å². The Balaban J connectivity index is 1.21. The maximum atomic E-state index is 14.0. The smallest absolute Gasteiger partial charge is 0.411 e. The van der Waals surface area contributed by atoms with E-state index in [0.29, 0.717) is 25.1 Å². The molecule has 0 bridgehead atoms. The van der Waals surface area contributed by atoms with Crippen LogP contribution in [0.25, 0.3) is 10.6 Å². The maximum absolute atomic E-state index is 14.0. The number of sulfonamides is 1. The summed E-state index contributed by atoms with van der Waals surface area (Å²) in [6.07, 6.45) is 6.84. The molecular formula is C35H45N5O7S2. The summed E-state index contributed by atoms with van der Waals surface area (Å²) in [6.45, 7) is 6.06. The van der Waals surface area contributed by atoms with Crippen molar-refractivity contribution in [3.63, 3.8) is 0 Å². The van der Waals surface area contributed by atoms with Gasteiger partial charge in [-0.05, 0) is 89.3 Å². The molecule has 1 aromatic heterocycles. The van der Waals surface area contributed by atoms with Crippen molar-refractivity contribution in [3.8, 4) is 10.6 Å². The third-order valence-corrected chi connectivity index (χ3v) is 13.5. The van der Waals surface area contributed by atoms with Gasteiger partial charge in [0.15, 0.2) is 0 Å². The fourth-order valence-electron chi connectivity index (χ4n) is 6.82. The number of aromatic nitrogens is 1. The molecule has 12 nitrogen and oxygen atoms in total. The van der Waals surface area contributed by atoms with Crippen LogP contribution >= 0.6 is 11.3 Å². The SMILES string of the molecule is CCc1csc(-c2ccc(C)cc2NC(=O)O[C@@H]2C[C@H]3C(=O)N[C@]4(C(=O)NS(=O)(=O)C5(C)CC5)C[C@@H]4/C=C\CCCCN(C)C(=O)[C@@H]3C2)n1. The molecule has 5 atom stereocenters. The number of carbonyl (C=O) groups excluding carboxylic acids is 4. The van der Waals surface area contributed by atoms with E-state index in [0.717, 1.165) is 47.5 Å². The van der Waals surface area contributed by atoms with E-state index in [-0.39, 0.29) is 31.1 Å². The monoisotopic (exact) mass is 711 g/mol. The number of amides is 4. The molecule has 14 heteroatoms. The van der Waals surface area contributed by atoms with E-state index in [4.69, 9.17) is 4.74 Å². The van der Waals surface area contributed by atoms with Gasteiger partial charge in [-0.1, -0.05) is 25.1 Å². The lowest BCUT2D eigenvalue weighted by Gasteiger charge is -2.27. The maximum Gasteiger partial charge on any atom is 0.411 e. The summed E-state index contributed by atoms with van der Waals surface area (Å²) >= 11 is 1.49. The summed E-state index contributed by atoms with van der Waals surface area (Å²) in [5, 5.41) is 8.49. The van der Waals surface area contributed by atoms with E-state index < -0.39 is 56.2 Å². The zero-order valence-corrected chi connectivity index (χ0v) is 30.0. The molecule has 2 aromatic rings. The minimum Gasteiger partial charge on any atom is -0.446 e. The van der Waals surface area contributed by atoms with Crippen molar-refractivity contribution in [1.82, 2.24) is 19.9 Å². The van der Waals surface area contributed by atoms with Crippen molar-refractivity contribution in [2.75, 3.05) is 18.9 Å². The van der Waals surface area contributed by atoms with Crippen molar-refractivity contribution in [3.05, 3.63) is 47.0 Å². The molecule has 4 aliphatic rings. The fraction of sp³-hybridized carbons (Fsp3) is 0.571. The molecule has 0 spiro atoms. The van der Waals surface area contributed by atoms with Gasteiger partial charge in [0.05, 0.1) is 28.0 Å². The Labute approximate surface area is 291 Å². The molecule has 1 aromatic carbocycles. The van der Waals surface area contributed by atoms with Crippen LogP contribution in [0.5, 0.6) is 0 Å². The number of fused-ring (bicyclic) bond motifs is 2. The van der Waals surface area contributed by atoms with Crippen LogP contribution in [0.4, 0.5) is 10.5 Å². The number of anilines is 1. The van der Waals surface area contributed by atoms with Gasteiger partial charge < -0.3 is 15.0 Å². The second-order valence-corrected chi connectivity index (χ2v) is 17.3. The molecule has 264 valence electrons. The van der Waals surface area contributed by atoms with Crippen LogP contribution in [0.15, 0.2) is 35.7 Å². The molecule has 4 amide bonds. The predicted molar refractivity (Wildman–Crippen MR) is 186 cm³/mol. The van der Waals surface area contributed by atoms with Crippen molar-refractivity contribution in [2.45, 2.75) is 94.9 Å². The van der Waals surface area contributed by atoms with Gasteiger partial charge in [-0.2, -0.15) is 0 Å². The van der Waals surface area contributed by atoms with E-state index in [1.807, 2.05) is 49.6 Å². The first-order chi connectivity index (χ1) is 23.2. The highest BCUT2D eigenvalue weighted by atomic mass is 32.2. The first-order valence-electron chi connectivity index (χ1n) is 17.1. The standard InChI is InChI=1S/C35H45N5O7S2/c1-5-23-20-48-30(36-23)25-12-11-21(2)16-28(25)37-33(44)47-24-17-26-27(18-24)31(42)40(4)15-9-7-6-8-10-22-19-35(22,38-29(26)41)32(43)39-49(45,46)34(3)13-14-34/h8,10-12,16,20,22,24,26-27H,5-7,9,13-15,17-19H2,1-4H3,(H,37,44)(H,38,41)(H,39,43)/b10-8-/t22-,24+,26+,27+,35+/m0/s1. The van der Waals surface area contributed by atoms with Crippen LogP contribution < -0.4 is 15.4 Å². The molecule has 3 N–H and O–H groups in total. The summed E-state index contributed by atoms with van der Waals surface area (Å²) < 4.78 is 33.1. The highest BCUT2D eigenvalue weighted by Gasteiger charge is 2.63. The summed E-state index contributed by atoms with van der Waals surface area (Å²) in [7, 11) is -2.23. The number of rotatable bonds is 7. The number of aryl methyl sites for hydroxylation is 2. The molecule has 3 aliphatic carbocycles. The first kappa shape index (κ1) is 35.1. The molecule has 0 saturated heterocycles. The molecule has 2 heterocycles. The minimum atomic E-state index is -3.93. The Morgan fingerprint density at radius 1 is 1.16 bits per heavy atom. The highest BCUT2D eigenvalue weighted by Crippen LogP contribution is 2.48. The quantitative estimate of drug-likeness (QED) is 0.348. The topological polar surface area (TPSA) is 164 Å². The first-order valence-corrected chi connectivity index (χ1v) is 19.4. The molecule has 49 heavy (non-hydrogen) atoms. The van der Waals surface area contributed by atoms with E-state index in [1.165, 1.54) is 11.3 Å². The molecule has 0 unspecified atom stereocenters. The van der Waals surface area contributed by atoms with Crippen LogP contribution in [0, 0.1) is 24.7 Å². The molecule has 3 saturated carbocycles. The number of allylic oxidation sites excluding steroid dienone is 1. The molecule has 6 rings (SSSR count). The van der Waals surface area contributed by atoms with Gasteiger partial charge in [-0.25, -0.2) is 18.2 Å². The average Bonchev–Trinajstić information content (AvgIpc) is 3.83. The van der Waals surface area contributed by atoms with Gasteiger partial charge in [-0.3, -0.25) is 24.4 Å². The van der Waals surface area contributed by atoms with Crippen LogP contribution in [0.3, 0.4) is 0 Å². The van der Waals surface area contributed by atoms with E-state index in [1.54, 1.807) is 18.9 Å². The zero-order chi connectivity index (χ0) is 35.1. The van der Waals surface area contributed by atoms with E-state index >= 15 is 0 Å². The zero-order valence-electron chi connectivity index (χ0n) is 28.4. The number of carbonyl (C=O) groups is 4. The number of nitrogens with zero attached hydrogens (tertiary/aromatic N) is 2. The van der Waals surface area contributed by atoms with Gasteiger partial charge in [0, 0.05) is 30.5 Å². The number of ether oxygens (including phenoxy) is 1. The van der Waals surface area contributed by atoms with Gasteiger partial charge >= 0.3 is 6.09 Å². The van der Waals surface area contributed by atoms with Gasteiger partial charge in [0.25, 0.3) is 5.91 Å². The van der Waals surface area contributed by atoms with E-state index in [9.17, 15) is 27.6 Å². The predicted octanol–water partition coefficient (Wildman–Crippen LogP) is 4.70. The van der Waals surface area contributed by atoms with Crippen LogP contribution in [0.1, 0.15) is 76.5 Å². The van der Waals surface area contributed by atoms with Crippen molar-refractivity contribution in [2.24, 2.45) is 17.8 Å². The van der Waals surface area contributed by atoms with Gasteiger partial charge in [0.1, 0.15) is 16.7 Å². The Kier molecular flexibility index (Phi) is 9.66. The molecule has 0 radical (unpaired) electrons. The third-order valence-electron chi connectivity index (χ3n) is 10.5. The lowest BCUT2D eigenvalue weighted by Crippen LogP contribution is -2.55. The summed E-state index contributed by atoms with van der Waals surface area (Å²) in [4.78, 5) is 61.0. The Bertz CT molecular complexity index is 1790. The summed E-state index contributed by atoms with van der Waals surface area (Å²) in [6, 6.07) is 5.70. The molecule has 1 aliphatic heterocycles. The van der Waals surface area contributed by atoms with Crippen molar-refractivity contribution in [1.29, 1.82) is 0 Å². The van der Waals surface area contributed by atoms with Crippen LogP contribution in [-0.4, -0.2) is 72.1 Å². The Morgan fingerprint density at radius 2 is 1.92 bits per heavy atom. The largest absolute Gasteiger partial charge is 0.446 e. The Morgan fingerprint density at radius 3 is 2.63 bits per heavy atom. The number of hydrogen-bond donors (Lipinski definition) is 3. The van der Waals surface area contributed by atoms with Crippen molar-refractivity contribution < 1.29 is 32.3 Å². The number of thiazole rings is 1. The number of hydrogen-bond acceptors (Lipinski definition) is 9. The summed E-state index contributed by atoms with van der Waals surface area (Å²) in [5.41, 5.74) is 1.76. The normalized spacial score (nSPS) is 28.7. The van der Waals surface area contributed by atoms with Crippen LogP contribution in [0.2, 0.25) is 0 Å². The third kappa shape index (κ3) is 7.26. The fourth-order valence-corrected chi connectivity index (χ4v) is 9.08. The second-order valence-electron chi connectivity index (χ2n) is 14.2.